The molecule has 0 heterocycles. The van der Waals surface area contributed by atoms with Gasteiger partial charge < -0.3 is 14.2 Å². The van der Waals surface area contributed by atoms with Crippen LogP contribution in [-0.2, 0) is 13.6 Å². The highest BCUT2D eigenvalue weighted by Gasteiger charge is 2.31. The molecule has 0 bridgehead atoms. The van der Waals surface area contributed by atoms with Crippen LogP contribution in [0.25, 0.3) is 0 Å². The number of nitrogens with one attached hydrogen (secondary N) is 1. The molecule has 0 saturated heterocycles. The predicted molar refractivity (Wildman–Crippen MR) is 49.1 cm³/mol. The highest BCUT2D eigenvalue weighted by Crippen LogP contribution is 2.10. The second-order valence-electron chi connectivity index (χ2n) is 2.67. The SMILES string of the molecule is CCNC(=O)C[Si](C)(OC)OC. The maximum absolute atomic E-state index is 11.1. The third kappa shape index (κ3) is 3.84. The first-order valence-electron chi connectivity index (χ1n) is 3.95. The van der Waals surface area contributed by atoms with Crippen LogP contribution < -0.4 is 5.32 Å². The minimum atomic E-state index is -2.21. The van der Waals surface area contributed by atoms with Gasteiger partial charge in [0.2, 0.25) is 5.91 Å². The van der Waals surface area contributed by atoms with Crippen molar-refractivity contribution >= 4 is 14.5 Å². The van der Waals surface area contributed by atoms with E-state index < -0.39 is 8.56 Å². The number of carbonyl (C=O) groups excluding carboxylic acids is 1. The van der Waals surface area contributed by atoms with Gasteiger partial charge in [-0.3, -0.25) is 4.79 Å². The molecule has 0 aromatic rings. The van der Waals surface area contributed by atoms with E-state index in [4.69, 9.17) is 8.85 Å². The number of hydrogen-bond acceptors (Lipinski definition) is 3. The maximum Gasteiger partial charge on any atom is 0.343 e. The summed E-state index contributed by atoms with van der Waals surface area (Å²) in [6, 6.07) is 0.355. The number of carbonyl (C=O) groups is 1. The standard InChI is InChI=1S/C7H17NO3Si/c1-5-8-7(9)6-12(4,10-2)11-3/h5-6H2,1-4H3,(H,8,9). The fraction of sp³-hybridized carbons (Fsp3) is 0.857. The van der Waals surface area contributed by atoms with Gasteiger partial charge in [-0.25, -0.2) is 0 Å². The molecule has 0 spiro atoms. The summed E-state index contributed by atoms with van der Waals surface area (Å²) in [5.41, 5.74) is 0. The zero-order valence-corrected chi connectivity index (χ0v) is 9.14. The first-order valence-corrected chi connectivity index (χ1v) is 6.47. The molecule has 0 atom stereocenters. The van der Waals surface area contributed by atoms with Gasteiger partial charge in [-0.1, -0.05) is 0 Å². The molecule has 0 aromatic carbocycles. The van der Waals surface area contributed by atoms with Gasteiger partial charge in [0, 0.05) is 20.8 Å². The molecule has 0 aliphatic heterocycles. The minimum Gasteiger partial charge on any atom is -0.397 e. The zero-order valence-electron chi connectivity index (χ0n) is 8.14. The van der Waals surface area contributed by atoms with Crippen LogP contribution in [0.4, 0.5) is 0 Å². The molecule has 0 aliphatic rings. The molecule has 0 fully saturated rings. The Balaban J connectivity index is 3.93. The Morgan fingerprint density at radius 1 is 1.42 bits per heavy atom. The molecule has 4 nitrogen and oxygen atoms in total. The van der Waals surface area contributed by atoms with Crippen LogP contribution in [0.1, 0.15) is 6.92 Å². The molecule has 0 aliphatic carbocycles. The summed E-state index contributed by atoms with van der Waals surface area (Å²) in [5.74, 6) is -0.00429. The van der Waals surface area contributed by atoms with Crippen molar-refractivity contribution < 1.29 is 13.6 Å². The number of rotatable bonds is 5. The van der Waals surface area contributed by atoms with E-state index in [-0.39, 0.29) is 5.91 Å². The molecule has 0 radical (unpaired) electrons. The fourth-order valence-corrected chi connectivity index (χ4v) is 1.94. The van der Waals surface area contributed by atoms with Crippen LogP contribution >= 0.6 is 0 Å². The van der Waals surface area contributed by atoms with Gasteiger partial charge in [0.15, 0.2) is 0 Å². The summed E-state index contributed by atoms with van der Waals surface area (Å²) in [4.78, 5) is 11.1. The molecule has 0 aromatic heterocycles. The van der Waals surface area contributed by atoms with E-state index in [0.29, 0.717) is 12.6 Å². The summed E-state index contributed by atoms with van der Waals surface area (Å²) in [6.45, 7) is 4.40. The summed E-state index contributed by atoms with van der Waals surface area (Å²) >= 11 is 0. The van der Waals surface area contributed by atoms with Crippen molar-refractivity contribution in [1.82, 2.24) is 5.32 Å². The van der Waals surface area contributed by atoms with E-state index in [1.165, 1.54) is 0 Å². The quantitative estimate of drug-likeness (QED) is 0.643. The van der Waals surface area contributed by atoms with Gasteiger partial charge in [-0.2, -0.15) is 0 Å². The molecular formula is C7H17NO3Si. The Morgan fingerprint density at radius 2 is 1.92 bits per heavy atom. The Labute approximate surface area is 74.5 Å². The van der Waals surface area contributed by atoms with E-state index in [0.717, 1.165) is 0 Å². The Hall–Kier alpha value is -0.393. The lowest BCUT2D eigenvalue weighted by molar-refractivity contribution is -0.119. The fourth-order valence-electron chi connectivity index (χ4n) is 0.779. The lowest BCUT2D eigenvalue weighted by atomic mass is 10.6. The summed E-state index contributed by atoms with van der Waals surface area (Å²) < 4.78 is 10.3. The van der Waals surface area contributed by atoms with Gasteiger partial charge in [0.25, 0.3) is 0 Å². The van der Waals surface area contributed by atoms with Crippen LogP contribution in [0.5, 0.6) is 0 Å². The van der Waals surface area contributed by atoms with Crippen LogP contribution in [0.15, 0.2) is 0 Å². The third-order valence-corrected chi connectivity index (χ3v) is 4.41. The topological polar surface area (TPSA) is 47.6 Å². The van der Waals surface area contributed by atoms with Crippen molar-refractivity contribution in [2.45, 2.75) is 19.5 Å². The minimum absolute atomic E-state index is 0.00429. The van der Waals surface area contributed by atoms with E-state index in [9.17, 15) is 4.79 Å². The largest absolute Gasteiger partial charge is 0.397 e. The van der Waals surface area contributed by atoms with E-state index >= 15 is 0 Å². The van der Waals surface area contributed by atoms with E-state index in [1.54, 1.807) is 14.2 Å². The van der Waals surface area contributed by atoms with Crippen molar-refractivity contribution in [1.29, 1.82) is 0 Å². The molecular weight excluding hydrogens is 174 g/mol. The second kappa shape index (κ2) is 5.29. The highest BCUT2D eigenvalue weighted by atomic mass is 28.4. The maximum atomic E-state index is 11.1. The average molecular weight is 191 g/mol. The van der Waals surface area contributed by atoms with Crippen molar-refractivity contribution in [3.8, 4) is 0 Å². The smallest absolute Gasteiger partial charge is 0.343 e. The molecule has 1 N–H and O–H groups in total. The van der Waals surface area contributed by atoms with E-state index in [1.807, 2.05) is 13.5 Å². The second-order valence-corrected chi connectivity index (χ2v) is 6.11. The average Bonchev–Trinajstić information content (AvgIpc) is 2.05. The van der Waals surface area contributed by atoms with Crippen molar-refractivity contribution in [2.75, 3.05) is 20.8 Å². The molecule has 0 rings (SSSR count). The van der Waals surface area contributed by atoms with Crippen LogP contribution in [0.3, 0.4) is 0 Å². The van der Waals surface area contributed by atoms with Crippen molar-refractivity contribution in [3.05, 3.63) is 0 Å². The van der Waals surface area contributed by atoms with Crippen LogP contribution in [0.2, 0.25) is 12.6 Å². The Bertz CT molecular complexity index is 148. The molecule has 72 valence electrons. The lowest BCUT2D eigenvalue weighted by Gasteiger charge is -2.21. The van der Waals surface area contributed by atoms with Crippen LogP contribution in [-0.4, -0.2) is 35.2 Å². The van der Waals surface area contributed by atoms with Crippen LogP contribution in [0, 0.1) is 0 Å². The zero-order chi connectivity index (χ0) is 9.61. The predicted octanol–water partition coefficient (Wildman–Crippen LogP) is 0.487. The molecule has 5 heteroatoms. The van der Waals surface area contributed by atoms with Gasteiger partial charge in [-0.05, 0) is 13.5 Å². The van der Waals surface area contributed by atoms with Gasteiger partial charge in [0.05, 0.1) is 6.04 Å². The summed E-state index contributed by atoms with van der Waals surface area (Å²) in [7, 11) is 0.947. The first kappa shape index (κ1) is 11.6. The van der Waals surface area contributed by atoms with Crippen molar-refractivity contribution in [2.24, 2.45) is 0 Å². The number of hydrogen-bond donors (Lipinski definition) is 1. The lowest BCUT2D eigenvalue weighted by Crippen LogP contribution is -2.41. The summed E-state index contributed by atoms with van der Waals surface area (Å²) in [5, 5.41) is 2.71. The molecule has 0 unspecified atom stereocenters. The summed E-state index contributed by atoms with van der Waals surface area (Å²) in [6.07, 6.45) is 0. The Kier molecular flexibility index (Phi) is 5.11. The first-order chi connectivity index (χ1) is 5.58. The third-order valence-electron chi connectivity index (χ3n) is 1.72. The van der Waals surface area contributed by atoms with Gasteiger partial charge >= 0.3 is 8.56 Å². The highest BCUT2D eigenvalue weighted by molar-refractivity contribution is 6.69. The van der Waals surface area contributed by atoms with E-state index in [2.05, 4.69) is 5.32 Å². The number of amides is 1. The Morgan fingerprint density at radius 3 is 2.25 bits per heavy atom. The molecule has 1 amide bonds. The van der Waals surface area contributed by atoms with Gasteiger partial charge in [0.1, 0.15) is 0 Å². The monoisotopic (exact) mass is 191 g/mol. The molecule has 12 heavy (non-hydrogen) atoms. The molecule has 0 saturated carbocycles. The van der Waals surface area contributed by atoms with Gasteiger partial charge in [-0.15, -0.1) is 0 Å². The normalized spacial score (nSPS) is 11.3. The van der Waals surface area contributed by atoms with Crippen molar-refractivity contribution in [3.63, 3.8) is 0 Å².